The monoisotopic (exact) mass is 485 g/mol. The van der Waals surface area contributed by atoms with Crippen molar-refractivity contribution >= 4 is 33.8 Å². The lowest BCUT2D eigenvalue weighted by molar-refractivity contribution is 0.0591. The molecule has 35 heavy (non-hydrogen) atoms. The first-order valence-electron chi connectivity index (χ1n) is 12.0. The van der Waals surface area contributed by atoms with Gasteiger partial charge in [-0.3, -0.25) is 14.6 Å². The van der Waals surface area contributed by atoms with E-state index in [2.05, 4.69) is 77.3 Å². The molecule has 3 heterocycles. The predicted molar refractivity (Wildman–Crippen MR) is 144 cm³/mol. The van der Waals surface area contributed by atoms with Crippen molar-refractivity contribution in [3.05, 3.63) is 76.7 Å². The third kappa shape index (κ3) is 5.42. The van der Waals surface area contributed by atoms with Crippen LogP contribution in [-0.2, 0) is 6.54 Å². The number of hydrogen-bond donors (Lipinski definition) is 1. The highest BCUT2D eigenvalue weighted by atomic mass is 32.1. The topological polar surface area (TPSA) is 61.4 Å². The molecule has 0 bridgehead atoms. The Kier molecular flexibility index (Phi) is 6.65. The molecule has 0 unspecified atom stereocenters. The summed E-state index contributed by atoms with van der Waals surface area (Å²) >= 11 is 1.40. The maximum absolute atomic E-state index is 12.6. The Morgan fingerprint density at radius 3 is 2.57 bits per heavy atom. The van der Waals surface area contributed by atoms with Crippen molar-refractivity contribution in [1.82, 2.24) is 19.8 Å². The molecule has 4 aromatic rings. The van der Waals surface area contributed by atoms with Crippen molar-refractivity contribution in [3.8, 4) is 11.3 Å². The zero-order valence-corrected chi connectivity index (χ0v) is 21.3. The van der Waals surface area contributed by atoms with E-state index in [-0.39, 0.29) is 11.4 Å². The fourth-order valence-corrected chi connectivity index (χ4v) is 5.12. The van der Waals surface area contributed by atoms with E-state index < -0.39 is 0 Å². The van der Waals surface area contributed by atoms with E-state index in [1.54, 1.807) is 10.9 Å². The van der Waals surface area contributed by atoms with Crippen molar-refractivity contribution in [3.63, 3.8) is 0 Å². The molecule has 1 N–H and O–H groups in total. The van der Waals surface area contributed by atoms with Crippen LogP contribution in [0.4, 0.5) is 5.69 Å². The van der Waals surface area contributed by atoms with Crippen LogP contribution in [0.25, 0.3) is 22.2 Å². The normalized spacial score (nSPS) is 15.4. The van der Waals surface area contributed by atoms with Gasteiger partial charge in [-0.1, -0.05) is 36.4 Å². The summed E-state index contributed by atoms with van der Waals surface area (Å²) in [6.45, 7) is 12.2. The van der Waals surface area contributed by atoms with Gasteiger partial charge in [-0.15, -0.1) is 11.3 Å². The number of hydrogen-bond acceptors (Lipinski definition) is 6. The minimum Gasteiger partial charge on any atom is -0.319 e. The number of aromatic nitrogens is 2. The summed E-state index contributed by atoms with van der Waals surface area (Å²) < 4.78 is 0. The highest BCUT2D eigenvalue weighted by Crippen LogP contribution is 2.27. The van der Waals surface area contributed by atoms with E-state index >= 15 is 0 Å². The molecule has 1 saturated heterocycles. The van der Waals surface area contributed by atoms with Gasteiger partial charge in [-0.05, 0) is 44.5 Å². The number of carbonyl (C=O) groups is 1. The molecule has 2 aromatic heterocycles. The summed E-state index contributed by atoms with van der Waals surface area (Å²) in [6, 6.07) is 18.6. The third-order valence-electron chi connectivity index (χ3n) is 6.58. The molecule has 5 rings (SSSR count). The summed E-state index contributed by atoms with van der Waals surface area (Å²) in [5, 5.41) is 5.71. The number of fused-ring (bicyclic) bond motifs is 1. The van der Waals surface area contributed by atoms with E-state index in [0.717, 1.165) is 54.9 Å². The number of para-hydroxylation sites is 1. The van der Waals surface area contributed by atoms with Crippen LogP contribution in [0.1, 0.15) is 36.8 Å². The standard InChI is InChI=1S/C28H31N5OS/c1-28(2,3)33-14-12-32(13-15-33)17-20-6-4-8-22(16-20)23-11-10-21-7-5-9-24(26(21)30-23)31-27(34)25-18-35-19-29-25/h4-11,16,18-19H,12-15,17H2,1-3H3,(H,31,34). The number of nitrogens with one attached hydrogen (secondary N) is 1. The minimum absolute atomic E-state index is 0.223. The third-order valence-corrected chi connectivity index (χ3v) is 7.17. The SMILES string of the molecule is CC(C)(C)N1CCN(Cc2cccc(-c3ccc4cccc(NC(=O)c5cscn5)c4n3)c2)CC1. The Morgan fingerprint density at radius 2 is 1.83 bits per heavy atom. The molecule has 1 fully saturated rings. The second-order valence-corrected chi connectivity index (χ2v) is 10.8. The Bertz CT molecular complexity index is 1320. The fraction of sp³-hybridized carbons (Fsp3) is 0.321. The van der Waals surface area contributed by atoms with Crippen LogP contribution in [0.5, 0.6) is 0 Å². The van der Waals surface area contributed by atoms with Crippen LogP contribution >= 0.6 is 11.3 Å². The molecule has 180 valence electrons. The van der Waals surface area contributed by atoms with Crippen molar-refractivity contribution in [2.24, 2.45) is 0 Å². The molecule has 6 nitrogen and oxygen atoms in total. The van der Waals surface area contributed by atoms with E-state index in [4.69, 9.17) is 4.98 Å². The van der Waals surface area contributed by atoms with Crippen LogP contribution in [0.15, 0.2) is 65.5 Å². The number of piperazine rings is 1. The summed E-state index contributed by atoms with van der Waals surface area (Å²) in [6.07, 6.45) is 0. The van der Waals surface area contributed by atoms with Crippen LogP contribution in [0.2, 0.25) is 0 Å². The van der Waals surface area contributed by atoms with E-state index in [9.17, 15) is 4.79 Å². The molecule has 1 aliphatic rings. The average Bonchev–Trinajstić information content (AvgIpc) is 3.39. The second-order valence-electron chi connectivity index (χ2n) is 10.0. The molecule has 0 radical (unpaired) electrons. The quantitative estimate of drug-likeness (QED) is 0.403. The minimum atomic E-state index is -0.223. The molecule has 0 atom stereocenters. The zero-order chi connectivity index (χ0) is 24.4. The van der Waals surface area contributed by atoms with E-state index in [1.165, 1.54) is 16.9 Å². The highest BCUT2D eigenvalue weighted by molar-refractivity contribution is 7.07. The van der Waals surface area contributed by atoms with E-state index in [1.807, 2.05) is 18.2 Å². The van der Waals surface area contributed by atoms with Crippen LogP contribution in [0.3, 0.4) is 0 Å². The molecule has 0 aliphatic carbocycles. The van der Waals surface area contributed by atoms with Crippen LogP contribution in [0, 0.1) is 0 Å². The van der Waals surface area contributed by atoms with Crippen LogP contribution in [-0.4, -0.2) is 57.4 Å². The lowest BCUT2D eigenvalue weighted by Gasteiger charge is -2.42. The summed E-state index contributed by atoms with van der Waals surface area (Å²) in [4.78, 5) is 26.7. The molecule has 2 aromatic carbocycles. The number of rotatable bonds is 5. The highest BCUT2D eigenvalue weighted by Gasteiger charge is 2.25. The number of anilines is 1. The van der Waals surface area contributed by atoms with Gasteiger partial charge in [-0.2, -0.15) is 0 Å². The lowest BCUT2D eigenvalue weighted by Crippen LogP contribution is -2.53. The van der Waals surface area contributed by atoms with Crippen LogP contribution < -0.4 is 5.32 Å². The first kappa shape index (κ1) is 23.6. The zero-order valence-electron chi connectivity index (χ0n) is 20.5. The van der Waals surface area contributed by atoms with Gasteiger partial charge in [0.15, 0.2) is 0 Å². The molecular formula is C28H31N5OS. The Hall–Kier alpha value is -3.13. The molecule has 1 aliphatic heterocycles. The number of thiazole rings is 1. The van der Waals surface area contributed by atoms with Gasteiger partial charge in [-0.25, -0.2) is 9.97 Å². The number of amides is 1. The second kappa shape index (κ2) is 9.85. The largest absolute Gasteiger partial charge is 0.319 e. The van der Waals surface area contributed by atoms with Gasteiger partial charge in [0.25, 0.3) is 5.91 Å². The molecule has 1 amide bonds. The number of nitrogens with zero attached hydrogens (tertiary/aromatic N) is 4. The summed E-state index contributed by atoms with van der Waals surface area (Å²) in [5.41, 5.74) is 7.04. The Morgan fingerprint density at radius 1 is 1.03 bits per heavy atom. The van der Waals surface area contributed by atoms with Crippen molar-refractivity contribution in [2.45, 2.75) is 32.9 Å². The van der Waals surface area contributed by atoms with E-state index in [0.29, 0.717) is 11.4 Å². The van der Waals surface area contributed by atoms with Gasteiger partial charge in [0, 0.05) is 54.6 Å². The van der Waals surface area contributed by atoms with Gasteiger partial charge in [0.1, 0.15) is 5.69 Å². The van der Waals surface area contributed by atoms with Gasteiger partial charge >= 0.3 is 0 Å². The summed E-state index contributed by atoms with van der Waals surface area (Å²) in [5.74, 6) is -0.223. The fourth-order valence-electron chi connectivity index (χ4n) is 4.58. The lowest BCUT2D eigenvalue weighted by atomic mass is 10.0. The van der Waals surface area contributed by atoms with Crippen molar-refractivity contribution in [2.75, 3.05) is 31.5 Å². The number of benzene rings is 2. The molecule has 0 saturated carbocycles. The maximum atomic E-state index is 12.6. The molecular weight excluding hydrogens is 454 g/mol. The van der Waals surface area contributed by atoms with Crippen molar-refractivity contribution < 1.29 is 4.79 Å². The maximum Gasteiger partial charge on any atom is 0.275 e. The first-order chi connectivity index (χ1) is 16.9. The predicted octanol–water partition coefficient (Wildman–Crippen LogP) is 5.53. The Labute approximate surface area is 210 Å². The number of pyridine rings is 1. The number of carbonyl (C=O) groups excluding carboxylic acids is 1. The Balaban J connectivity index is 1.35. The van der Waals surface area contributed by atoms with Gasteiger partial charge in [0.2, 0.25) is 0 Å². The van der Waals surface area contributed by atoms with Gasteiger partial charge < -0.3 is 5.32 Å². The van der Waals surface area contributed by atoms with Crippen molar-refractivity contribution in [1.29, 1.82) is 0 Å². The summed E-state index contributed by atoms with van der Waals surface area (Å²) in [7, 11) is 0. The molecule has 7 heteroatoms. The first-order valence-corrected chi connectivity index (χ1v) is 13.0. The van der Waals surface area contributed by atoms with Gasteiger partial charge in [0.05, 0.1) is 22.4 Å². The average molecular weight is 486 g/mol. The smallest absolute Gasteiger partial charge is 0.275 e. The molecule has 0 spiro atoms.